The Bertz CT molecular complexity index is 479. The van der Waals surface area contributed by atoms with Gasteiger partial charge in [-0.15, -0.1) is 11.3 Å². The summed E-state index contributed by atoms with van der Waals surface area (Å²) < 4.78 is 2.19. The Morgan fingerprint density at radius 2 is 1.94 bits per heavy atom. The Hall–Kier alpha value is -0.200. The van der Waals surface area contributed by atoms with Gasteiger partial charge in [0.25, 0.3) is 0 Å². The fraction of sp³-hybridized carbons (Fsp3) is 0.231. The van der Waals surface area contributed by atoms with Gasteiger partial charge in [-0.1, -0.05) is 30.3 Å². The highest BCUT2D eigenvalue weighted by Gasteiger charge is 2.14. The molecule has 0 aliphatic rings. The van der Waals surface area contributed by atoms with Gasteiger partial charge in [-0.2, -0.15) is 0 Å². The zero-order chi connectivity index (χ0) is 13.0. The summed E-state index contributed by atoms with van der Waals surface area (Å²) in [5, 5.41) is 0. The van der Waals surface area contributed by atoms with Crippen LogP contribution >= 0.6 is 43.2 Å². The van der Waals surface area contributed by atoms with Crippen molar-refractivity contribution in [2.45, 2.75) is 18.9 Å². The summed E-state index contributed by atoms with van der Waals surface area (Å²) in [6.07, 6.45) is 2.00. The summed E-state index contributed by atoms with van der Waals surface area (Å²) in [4.78, 5) is 1.24. The molecule has 0 fully saturated rings. The van der Waals surface area contributed by atoms with Gasteiger partial charge in [-0.3, -0.25) is 11.3 Å². The second kappa shape index (κ2) is 6.82. The van der Waals surface area contributed by atoms with E-state index in [0.29, 0.717) is 0 Å². The zero-order valence-corrected chi connectivity index (χ0v) is 13.7. The summed E-state index contributed by atoms with van der Waals surface area (Å²) >= 11 is 8.73. The first-order valence-electron chi connectivity index (χ1n) is 5.65. The molecule has 1 aromatic heterocycles. The molecule has 0 radical (unpaired) electrons. The maximum absolute atomic E-state index is 5.65. The van der Waals surface area contributed by atoms with Crippen LogP contribution in [-0.4, -0.2) is 0 Å². The van der Waals surface area contributed by atoms with Crippen molar-refractivity contribution < 1.29 is 0 Å². The van der Waals surface area contributed by atoms with Crippen molar-refractivity contribution in [1.29, 1.82) is 0 Å². The topological polar surface area (TPSA) is 38.0 Å². The number of hydrogen-bond donors (Lipinski definition) is 2. The fourth-order valence-corrected chi connectivity index (χ4v) is 3.98. The third-order valence-corrected chi connectivity index (χ3v) is 6.14. The van der Waals surface area contributed by atoms with E-state index in [1.165, 1.54) is 10.4 Å². The molecule has 1 atom stereocenters. The Labute approximate surface area is 128 Å². The lowest BCUT2D eigenvalue weighted by molar-refractivity contribution is 0.524. The second-order valence-corrected chi connectivity index (χ2v) is 7.27. The van der Waals surface area contributed by atoms with E-state index in [1.807, 2.05) is 6.07 Å². The highest BCUT2D eigenvalue weighted by Crippen LogP contribution is 2.36. The average molecular weight is 390 g/mol. The molecular weight excluding hydrogens is 376 g/mol. The molecule has 2 nitrogen and oxygen atoms in total. The van der Waals surface area contributed by atoms with Gasteiger partial charge in [0, 0.05) is 9.35 Å². The predicted molar refractivity (Wildman–Crippen MR) is 84.5 cm³/mol. The van der Waals surface area contributed by atoms with Crippen LogP contribution in [0.2, 0.25) is 0 Å². The van der Waals surface area contributed by atoms with E-state index in [0.717, 1.165) is 21.1 Å². The number of nitrogens with one attached hydrogen (secondary N) is 1. The van der Waals surface area contributed by atoms with Crippen molar-refractivity contribution in [1.82, 2.24) is 5.43 Å². The third-order valence-electron chi connectivity index (χ3n) is 2.77. The first-order chi connectivity index (χ1) is 8.70. The van der Waals surface area contributed by atoms with Crippen molar-refractivity contribution >= 4 is 43.2 Å². The van der Waals surface area contributed by atoms with Crippen molar-refractivity contribution in [3.05, 3.63) is 55.1 Å². The van der Waals surface area contributed by atoms with Crippen LogP contribution in [0.4, 0.5) is 0 Å². The minimum absolute atomic E-state index is 0.192. The molecule has 0 aliphatic carbocycles. The molecule has 96 valence electrons. The molecule has 0 amide bonds. The third kappa shape index (κ3) is 3.65. The molecule has 3 N–H and O–H groups in total. The van der Waals surface area contributed by atoms with E-state index in [2.05, 4.69) is 67.6 Å². The van der Waals surface area contributed by atoms with Crippen molar-refractivity contribution in [3.63, 3.8) is 0 Å². The highest BCUT2D eigenvalue weighted by atomic mass is 79.9. The minimum Gasteiger partial charge on any atom is -0.271 e. The summed E-state index contributed by atoms with van der Waals surface area (Å²) in [6.45, 7) is 0. The Balaban J connectivity index is 2.02. The van der Waals surface area contributed by atoms with E-state index >= 15 is 0 Å². The van der Waals surface area contributed by atoms with E-state index < -0.39 is 0 Å². The van der Waals surface area contributed by atoms with Crippen molar-refractivity contribution in [2.75, 3.05) is 0 Å². The number of halogens is 2. The van der Waals surface area contributed by atoms with E-state index in [4.69, 9.17) is 5.84 Å². The van der Waals surface area contributed by atoms with Gasteiger partial charge in [0.05, 0.1) is 9.83 Å². The van der Waals surface area contributed by atoms with Gasteiger partial charge < -0.3 is 0 Å². The first-order valence-corrected chi connectivity index (χ1v) is 8.05. The average Bonchev–Trinajstić information content (AvgIpc) is 2.71. The maximum atomic E-state index is 5.65. The number of hydrazine groups is 1. The van der Waals surface area contributed by atoms with Crippen LogP contribution in [0.25, 0.3) is 0 Å². The summed E-state index contributed by atoms with van der Waals surface area (Å²) in [7, 11) is 0. The molecule has 1 heterocycles. The van der Waals surface area contributed by atoms with Crippen LogP contribution in [0.3, 0.4) is 0 Å². The van der Waals surface area contributed by atoms with E-state index in [-0.39, 0.29) is 6.04 Å². The quantitative estimate of drug-likeness (QED) is 0.587. The van der Waals surface area contributed by atoms with Crippen LogP contribution in [0, 0.1) is 0 Å². The first kappa shape index (κ1) is 14.2. The zero-order valence-electron chi connectivity index (χ0n) is 9.70. The van der Waals surface area contributed by atoms with E-state index in [1.54, 1.807) is 11.3 Å². The lowest BCUT2D eigenvalue weighted by Crippen LogP contribution is -2.27. The van der Waals surface area contributed by atoms with Crippen LogP contribution in [0.5, 0.6) is 0 Å². The number of hydrogen-bond acceptors (Lipinski definition) is 3. The number of aryl methyl sites for hydroxylation is 1. The van der Waals surface area contributed by atoms with Crippen LogP contribution < -0.4 is 11.3 Å². The molecular formula is C13H14Br2N2S. The molecule has 1 unspecified atom stereocenters. The minimum atomic E-state index is 0.192. The molecule has 0 bridgehead atoms. The van der Waals surface area contributed by atoms with Crippen LogP contribution in [0.15, 0.2) is 44.7 Å². The second-order valence-electron chi connectivity index (χ2n) is 4.01. The number of nitrogens with two attached hydrogens (primary N) is 1. The Kier molecular flexibility index (Phi) is 5.38. The molecule has 5 heteroatoms. The number of rotatable bonds is 5. The molecule has 2 rings (SSSR count). The van der Waals surface area contributed by atoms with Crippen molar-refractivity contribution in [3.8, 4) is 0 Å². The van der Waals surface area contributed by atoms with Gasteiger partial charge in [0.2, 0.25) is 0 Å². The van der Waals surface area contributed by atoms with Crippen LogP contribution in [0.1, 0.15) is 22.9 Å². The smallest absolute Gasteiger partial charge is 0.0843 e. The standard InChI is InChI=1S/C13H14Br2N2S/c14-10-8-12(18-13(10)15)11(17-16)7-6-9-4-2-1-3-5-9/h1-5,8,11,17H,6-7,16H2. The summed E-state index contributed by atoms with van der Waals surface area (Å²) in [6, 6.07) is 12.8. The Morgan fingerprint density at radius 3 is 2.50 bits per heavy atom. The fourth-order valence-electron chi connectivity index (χ4n) is 1.80. The van der Waals surface area contributed by atoms with E-state index in [9.17, 15) is 0 Å². The van der Waals surface area contributed by atoms with Crippen molar-refractivity contribution in [2.24, 2.45) is 5.84 Å². The van der Waals surface area contributed by atoms with Gasteiger partial charge in [0.1, 0.15) is 0 Å². The number of thiophene rings is 1. The molecule has 0 aliphatic heterocycles. The molecule has 1 aromatic carbocycles. The molecule has 0 saturated heterocycles. The maximum Gasteiger partial charge on any atom is 0.0843 e. The molecule has 18 heavy (non-hydrogen) atoms. The molecule has 2 aromatic rings. The van der Waals surface area contributed by atoms with Crippen LogP contribution in [-0.2, 0) is 6.42 Å². The van der Waals surface area contributed by atoms with Gasteiger partial charge in [-0.25, -0.2) is 0 Å². The Morgan fingerprint density at radius 1 is 1.22 bits per heavy atom. The number of benzene rings is 1. The van der Waals surface area contributed by atoms with Gasteiger partial charge >= 0.3 is 0 Å². The predicted octanol–water partition coefficient (Wildman–Crippen LogP) is 4.41. The lowest BCUT2D eigenvalue weighted by atomic mass is 10.0. The highest BCUT2D eigenvalue weighted by molar-refractivity contribution is 9.13. The lowest BCUT2D eigenvalue weighted by Gasteiger charge is -2.13. The largest absolute Gasteiger partial charge is 0.271 e. The summed E-state index contributed by atoms with van der Waals surface area (Å²) in [5.74, 6) is 5.65. The monoisotopic (exact) mass is 388 g/mol. The SMILES string of the molecule is NNC(CCc1ccccc1)c1cc(Br)c(Br)s1. The van der Waals surface area contributed by atoms with Gasteiger partial charge in [0.15, 0.2) is 0 Å². The molecule has 0 saturated carbocycles. The molecule has 0 spiro atoms. The van der Waals surface area contributed by atoms with Gasteiger partial charge in [-0.05, 0) is 56.3 Å². The normalized spacial score (nSPS) is 12.6. The summed E-state index contributed by atoms with van der Waals surface area (Å²) in [5.41, 5.74) is 4.24.